The molecule has 0 bridgehead atoms. The minimum atomic E-state index is -1.21. The topological polar surface area (TPSA) is 108 Å². The molecule has 0 radical (unpaired) electrons. The lowest BCUT2D eigenvalue weighted by Crippen LogP contribution is -2.18. The van der Waals surface area contributed by atoms with Crippen LogP contribution in [0.1, 0.15) is 49.5 Å². The third-order valence-corrected chi connectivity index (χ3v) is 9.25. The first kappa shape index (κ1) is 28.5. The first-order valence-corrected chi connectivity index (χ1v) is 15.5. The summed E-state index contributed by atoms with van der Waals surface area (Å²) < 4.78 is 36.0. The Bertz CT molecular complexity index is 1770. The molecule has 1 aliphatic carbocycles. The number of hydrogen-bond acceptors (Lipinski definition) is 5. The zero-order valence-corrected chi connectivity index (χ0v) is 24.4. The maximum absolute atomic E-state index is 13.2. The van der Waals surface area contributed by atoms with Gasteiger partial charge in [0.2, 0.25) is 0 Å². The van der Waals surface area contributed by atoms with E-state index in [9.17, 15) is 19.0 Å². The largest absolute Gasteiger partial charge is 0.611 e. The molecule has 1 N–H and O–H groups in total. The summed E-state index contributed by atoms with van der Waals surface area (Å²) in [5.41, 5.74) is 4.38. The Kier molecular flexibility index (Phi) is 8.18. The third-order valence-electron chi connectivity index (χ3n) is 7.91. The standard InChI is InChI=1S/C33H30FN5O3S/c1-22(23-5-9-25(34)10-6-23)42-33(40)37-26-11-7-24(8-12-26)32-30(20-35)29-14-13-28(19-31(29)39(32)27-3-2-4-27)43(41)18-17-38-16-15-36-21-38/h5-16,19,21-22,27H,2-4,17-18H2,1H3,(H,37,40). The van der Waals surface area contributed by atoms with Crippen molar-refractivity contribution in [2.45, 2.75) is 49.8 Å². The number of fused-ring (bicyclic) bond motifs is 1. The quantitative estimate of drug-likeness (QED) is 0.179. The summed E-state index contributed by atoms with van der Waals surface area (Å²) in [7, 11) is 0. The van der Waals surface area contributed by atoms with Crippen molar-refractivity contribution >= 4 is 33.9 Å². The van der Waals surface area contributed by atoms with Crippen LogP contribution in [0.5, 0.6) is 0 Å². The van der Waals surface area contributed by atoms with Crippen molar-refractivity contribution in [3.63, 3.8) is 0 Å². The number of nitriles is 1. The molecule has 5 aromatic rings. The number of nitrogens with one attached hydrogen (secondary N) is 1. The number of aryl methyl sites for hydroxylation is 1. The normalized spacial score (nSPS) is 14.6. The van der Waals surface area contributed by atoms with Crippen molar-refractivity contribution in [2.24, 2.45) is 0 Å². The predicted octanol–water partition coefficient (Wildman–Crippen LogP) is 7.36. The zero-order valence-electron chi connectivity index (χ0n) is 23.6. The molecule has 3 aromatic carbocycles. The van der Waals surface area contributed by atoms with Crippen LogP contribution in [0.3, 0.4) is 0 Å². The van der Waals surface area contributed by atoms with Crippen molar-refractivity contribution in [2.75, 3.05) is 11.1 Å². The Morgan fingerprint density at radius 1 is 1.19 bits per heavy atom. The summed E-state index contributed by atoms with van der Waals surface area (Å²) in [6, 6.07) is 21.5. The highest BCUT2D eigenvalue weighted by Crippen LogP contribution is 2.43. The summed E-state index contributed by atoms with van der Waals surface area (Å²) in [5.74, 6) is 0.109. The number of anilines is 1. The van der Waals surface area contributed by atoms with E-state index in [-0.39, 0.29) is 11.9 Å². The second-order valence-corrected chi connectivity index (χ2v) is 12.2. The fourth-order valence-electron chi connectivity index (χ4n) is 5.40. The lowest BCUT2D eigenvalue weighted by atomic mass is 9.92. The molecule has 0 saturated heterocycles. The number of ether oxygens (including phenoxy) is 1. The van der Waals surface area contributed by atoms with Gasteiger partial charge in [-0.2, -0.15) is 5.26 Å². The molecule has 10 heteroatoms. The van der Waals surface area contributed by atoms with E-state index in [0.29, 0.717) is 29.1 Å². The fourth-order valence-corrected chi connectivity index (χ4v) is 6.47. The number of carbonyl (C=O) groups excluding carboxylic acids is 1. The summed E-state index contributed by atoms with van der Waals surface area (Å²) in [5, 5.41) is 13.8. The number of nitrogens with zero attached hydrogens (tertiary/aromatic N) is 4. The van der Waals surface area contributed by atoms with Gasteiger partial charge in [-0.15, -0.1) is 0 Å². The molecule has 1 fully saturated rings. The average Bonchev–Trinajstić information content (AvgIpc) is 3.62. The van der Waals surface area contributed by atoms with Gasteiger partial charge in [0.15, 0.2) is 4.90 Å². The summed E-state index contributed by atoms with van der Waals surface area (Å²) >= 11 is -1.21. The van der Waals surface area contributed by atoms with Crippen molar-refractivity contribution in [3.8, 4) is 17.3 Å². The van der Waals surface area contributed by atoms with Gasteiger partial charge in [-0.1, -0.05) is 24.3 Å². The van der Waals surface area contributed by atoms with E-state index in [1.54, 1.807) is 43.7 Å². The Morgan fingerprint density at radius 2 is 1.95 bits per heavy atom. The number of amides is 1. The van der Waals surface area contributed by atoms with Crippen molar-refractivity contribution in [3.05, 3.63) is 102 Å². The van der Waals surface area contributed by atoms with Gasteiger partial charge < -0.3 is 18.4 Å². The summed E-state index contributed by atoms with van der Waals surface area (Å²) in [6.07, 6.45) is 7.22. The van der Waals surface area contributed by atoms with E-state index < -0.39 is 23.4 Å². The van der Waals surface area contributed by atoms with Gasteiger partial charge in [0.1, 0.15) is 23.7 Å². The average molecular weight is 596 g/mol. The monoisotopic (exact) mass is 595 g/mol. The molecule has 2 unspecified atom stereocenters. The number of rotatable bonds is 9. The highest BCUT2D eigenvalue weighted by molar-refractivity contribution is 7.91. The van der Waals surface area contributed by atoms with Crippen LogP contribution in [-0.2, 0) is 22.5 Å². The molecule has 0 aliphatic heterocycles. The molecule has 2 heterocycles. The van der Waals surface area contributed by atoms with E-state index in [1.807, 2.05) is 41.1 Å². The zero-order chi connectivity index (χ0) is 29.9. The van der Waals surface area contributed by atoms with Crippen LogP contribution in [0.2, 0.25) is 0 Å². The van der Waals surface area contributed by atoms with E-state index in [4.69, 9.17) is 4.74 Å². The molecule has 218 valence electrons. The van der Waals surface area contributed by atoms with Crippen LogP contribution in [0.25, 0.3) is 22.2 Å². The number of halogens is 1. The molecule has 8 nitrogen and oxygen atoms in total. The van der Waals surface area contributed by atoms with Crippen LogP contribution in [0.15, 0.2) is 90.3 Å². The van der Waals surface area contributed by atoms with E-state index in [1.165, 1.54) is 12.1 Å². The number of benzene rings is 3. The first-order valence-electron chi connectivity index (χ1n) is 14.2. The van der Waals surface area contributed by atoms with Gasteiger partial charge in [0.25, 0.3) is 0 Å². The Balaban J connectivity index is 1.25. The van der Waals surface area contributed by atoms with E-state index in [2.05, 4.69) is 20.9 Å². The van der Waals surface area contributed by atoms with Gasteiger partial charge in [0.05, 0.1) is 29.6 Å². The predicted molar refractivity (Wildman–Crippen MR) is 163 cm³/mol. The molecule has 43 heavy (non-hydrogen) atoms. The molecule has 1 saturated carbocycles. The van der Waals surface area contributed by atoms with Gasteiger partial charge >= 0.3 is 6.09 Å². The van der Waals surface area contributed by atoms with Gasteiger partial charge in [-0.05, 0) is 84.9 Å². The Labute approximate surface area is 251 Å². The van der Waals surface area contributed by atoms with Crippen molar-refractivity contribution in [1.29, 1.82) is 5.26 Å². The molecule has 2 aromatic heterocycles. The SMILES string of the molecule is CC(OC(=O)Nc1ccc(-c2c(C#N)c3ccc([S+]([O-])CCn4ccnc4)cc3n2C2CCC2)cc1)c1ccc(F)cc1. The Morgan fingerprint density at radius 3 is 2.60 bits per heavy atom. The minimum absolute atomic E-state index is 0.245. The highest BCUT2D eigenvalue weighted by Gasteiger charge is 2.29. The summed E-state index contributed by atoms with van der Waals surface area (Å²) in [6.45, 7) is 2.32. The van der Waals surface area contributed by atoms with Gasteiger partial charge in [-0.3, -0.25) is 5.32 Å². The molecule has 6 rings (SSSR count). The van der Waals surface area contributed by atoms with E-state index in [0.717, 1.165) is 46.3 Å². The van der Waals surface area contributed by atoms with Crippen LogP contribution >= 0.6 is 0 Å². The number of imidazole rings is 1. The molecular formula is C33H30FN5O3S. The number of aromatic nitrogens is 3. The van der Waals surface area contributed by atoms with Crippen LogP contribution in [0.4, 0.5) is 14.9 Å². The van der Waals surface area contributed by atoms with Crippen LogP contribution in [-0.4, -0.2) is 30.5 Å². The van der Waals surface area contributed by atoms with Gasteiger partial charge in [-0.25, -0.2) is 14.2 Å². The first-order chi connectivity index (χ1) is 20.9. The lowest BCUT2D eigenvalue weighted by Gasteiger charge is -2.30. The molecular weight excluding hydrogens is 565 g/mol. The van der Waals surface area contributed by atoms with Crippen molar-refractivity contribution < 1.29 is 18.5 Å². The number of carbonyl (C=O) groups is 1. The molecule has 1 aliphatic rings. The van der Waals surface area contributed by atoms with E-state index >= 15 is 0 Å². The number of hydrogen-bond donors (Lipinski definition) is 1. The maximum Gasteiger partial charge on any atom is 0.412 e. The second kappa shape index (κ2) is 12.3. The maximum atomic E-state index is 13.2. The van der Waals surface area contributed by atoms with Crippen molar-refractivity contribution in [1.82, 2.24) is 14.1 Å². The molecule has 0 spiro atoms. The lowest BCUT2D eigenvalue weighted by molar-refractivity contribution is 0.121. The van der Waals surface area contributed by atoms with Gasteiger partial charge in [0, 0.05) is 35.6 Å². The van der Waals surface area contributed by atoms with Crippen LogP contribution in [0, 0.1) is 17.1 Å². The minimum Gasteiger partial charge on any atom is -0.611 e. The fraction of sp³-hybridized carbons (Fsp3) is 0.242. The summed E-state index contributed by atoms with van der Waals surface area (Å²) in [4.78, 5) is 17.3. The van der Waals surface area contributed by atoms with Crippen LogP contribution < -0.4 is 5.32 Å². The highest BCUT2D eigenvalue weighted by atomic mass is 32.2. The Hall–Kier alpha value is -4.59. The third kappa shape index (κ3) is 6.00. The smallest absolute Gasteiger partial charge is 0.412 e. The molecule has 2 atom stereocenters. The molecule has 1 amide bonds. The second-order valence-electron chi connectivity index (χ2n) is 10.6.